The Morgan fingerprint density at radius 1 is 1.50 bits per heavy atom. The van der Waals surface area contributed by atoms with E-state index in [1.807, 2.05) is 0 Å². The van der Waals surface area contributed by atoms with Crippen LogP contribution in [-0.4, -0.2) is 44.2 Å². The summed E-state index contributed by atoms with van der Waals surface area (Å²) in [5.41, 5.74) is -0.111. The average Bonchev–Trinajstić information content (AvgIpc) is 2.03. The highest BCUT2D eigenvalue weighted by Gasteiger charge is 2.17. The SMILES string of the molecule is C=C(CS(=O)(=O)CCO)C(=O)OCC. The van der Waals surface area contributed by atoms with Gasteiger partial charge in [0.1, 0.15) is 0 Å². The number of hydrogen-bond donors (Lipinski definition) is 1. The van der Waals surface area contributed by atoms with Crippen molar-refractivity contribution in [3.63, 3.8) is 0 Å². The van der Waals surface area contributed by atoms with Gasteiger partial charge in [0.2, 0.25) is 0 Å². The van der Waals surface area contributed by atoms with E-state index in [1.54, 1.807) is 6.92 Å². The van der Waals surface area contributed by atoms with Crippen molar-refractivity contribution >= 4 is 15.8 Å². The van der Waals surface area contributed by atoms with Crippen molar-refractivity contribution in [2.45, 2.75) is 6.92 Å². The van der Waals surface area contributed by atoms with E-state index >= 15 is 0 Å². The molecule has 0 aromatic heterocycles. The Balaban J connectivity index is 4.25. The van der Waals surface area contributed by atoms with E-state index in [0.29, 0.717) is 0 Å². The van der Waals surface area contributed by atoms with E-state index < -0.39 is 28.2 Å². The quantitative estimate of drug-likeness (QED) is 0.484. The van der Waals surface area contributed by atoms with Crippen LogP contribution in [0.15, 0.2) is 12.2 Å². The molecule has 0 aliphatic carbocycles. The molecule has 0 aromatic rings. The number of aliphatic hydroxyl groups excluding tert-OH is 1. The maximum absolute atomic E-state index is 11.1. The molecule has 0 fully saturated rings. The van der Waals surface area contributed by atoms with E-state index in [-0.39, 0.29) is 17.9 Å². The third kappa shape index (κ3) is 4.98. The Kier molecular flexibility index (Phi) is 5.40. The number of carbonyl (C=O) groups is 1. The number of hydrogen-bond acceptors (Lipinski definition) is 5. The summed E-state index contributed by atoms with van der Waals surface area (Å²) < 4.78 is 26.8. The first-order valence-electron chi connectivity index (χ1n) is 4.09. The molecule has 0 unspecified atom stereocenters. The summed E-state index contributed by atoms with van der Waals surface area (Å²) in [6.45, 7) is 4.64. The standard InChI is InChI=1S/C8H14O5S/c1-3-13-8(10)7(2)6-14(11,12)5-4-9/h9H,2-6H2,1H3. The Morgan fingerprint density at radius 3 is 2.50 bits per heavy atom. The molecule has 0 spiro atoms. The van der Waals surface area contributed by atoms with Crippen LogP contribution in [0.3, 0.4) is 0 Å². The van der Waals surface area contributed by atoms with Gasteiger partial charge in [-0.15, -0.1) is 0 Å². The molecule has 6 heteroatoms. The predicted molar refractivity (Wildman–Crippen MR) is 51.5 cm³/mol. The number of sulfone groups is 1. The van der Waals surface area contributed by atoms with E-state index in [4.69, 9.17) is 5.11 Å². The maximum Gasteiger partial charge on any atom is 0.334 e. The molecule has 82 valence electrons. The van der Waals surface area contributed by atoms with Gasteiger partial charge in [-0.25, -0.2) is 13.2 Å². The van der Waals surface area contributed by atoms with Crippen molar-refractivity contribution < 1.29 is 23.1 Å². The Bertz CT molecular complexity index is 304. The average molecular weight is 222 g/mol. The fourth-order valence-electron chi connectivity index (χ4n) is 0.769. The van der Waals surface area contributed by atoms with Crippen LogP contribution in [0, 0.1) is 0 Å². The summed E-state index contributed by atoms with van der Waals surface area (Å²) in [6, 6.07) is 0. The molecule has 5 nitrogen and oxygen atoms in total. The molecule has 0 bridgehead atoms. The fourth-order valence-corrected chi connectivity index (χ4v) is 1.84. The lowest BCUT2D eigenvalue weighted by Gasteiger charge is -2.05. The van der Waals surface area contributed by atoms with Crippen LogP contribution in [0.25, 0.3) is 0 Å². The van der Waals surface area contributed by atoms with Crippen molar-refractivity contribution in [1.29, 1.82) is 0 Å². The van der Waals surface area contributed by atoms with Gasteiger partial charge in [-0.1, -0.05) is 6.58 Å². The molecule has 0 aliphatic rings. The molecule has 0 atom stereocenters. The topological polar surface area (TPSA) is 80.7 Å². The zero-order valence-electron chi connectivity index (χ0n) is 8.02. The second kappa shape index (κ2) is 5.77. The molecule has 0 rings (SSSR count). The van der Waals surface area contributed by atoms with Crippen molar-refractivity contribution in [3.05, 3.63) is 12.2 Å². The third-order valence-electron chi connectivity index (χ3n) is 1.36. The summed E-state index contributed by atoms with van der Waals surface area (Å²) in [5, 5.41) is 8.43. The second-order valence-electron chi connectivity index (χ2n) is 2.64. The molecule has 0 saturated carbocycles. The van der Waals surface area contributed by atoms with Gasteiger partial charge in [0.05, 0.1) is 24.7 Å². The van der Waals surface area contributed by atoms with E-state index in [9.17, 15) is 13.2 Å². The lowest BCUT2D eigenvalue weighted by molar-refractivity contribution is -0.138. The number of ether oxygens (including phenoxy) is 1. The monoisotopic (exact) mass is 222 g/mol. The number of carbonyl (C=O) groups excluding carboxylic acids is 1. The van der Waals surface area contributed by atoms with Crippen LogP contribution in [0.5, 0.6) is 0 Å². The normalized spacial score (nSPS) is 11.0. The Labute approximate surface area is 83.3 Å². The molecule has 0 radical (unpaired) electrons. The fraction of sp³-hybridized carbons (Fsp3) is 0.625. The van der Waals surface area contributed by atoms with Gasteiger partial charge in [-0.2, -0.15) is 0 Å². The highest BCUT2D eigenvalue weighted by atomic mass is 32.2. The lowest BCUT2D eigenvalue weighted by atomic mass is 10.4. The molecule has 14 heavy (non-hydrogen) atoms. The number of aliphatic hydroxyl groups is 1. The van der Waals surface area contributed by atoms with Crippen molar-refractivity contribution in [3.8, 4) is 0 Å². The molecular weight excluding hydrogens is 208 g/mol. The van der Waals surface area contributed by atoms with Crippen molar-refractivity contribution in [1.82, 2.24) is 0 Å². The van der Waals surface area contributed by atoms with Crippen LogP contribution >= 0.6 is 0 Å². The van der Waals surface area contributed by atoms with Crippen LogP contribution < -0.4 is 0 Å². The lowest BCUT2D eigenvalue weighted by Crippen LogP contribution is -2.20. The van der Waals surface area contributed by atoms with Gasteiger partial charge in [-0.3, -0.25) is 0 Å². The summed E-state index contributed by atoms with van der Waals surface area (Å²) in [5.74, 6) is -1.55. The largest absolute Gasteiger partial charge is 0.463 e. The summed E-state index contributed by atoms with van der Waals surface area (Å²) in [6.07, 6.45) is 0. The van der Waals surface area contributed by atoms with Gasteiger partial charge in [0.25, 0.3) is 0 Å². The first-order chi connectivity index (χ1) is 6.43. The zero-order valence-corrected chi connectivity index (χ0v) is 8.84. The van der Waals surface area contributed by atoms with Crippen LogP contribution in [0.2, 0.25) is 0 Å². The molecule has 0 amide bonds. The number of rotatable bonds is 6. The first-order valence-corrected chi connectivity index (χ1v) is 5.91. The minimum absolute atomic E-state index is 0.111. The molecule has 1 N–H and O–H groups in total. The Hall–Kier alpha value is -0.880. The van der Waals surface area contributed by atoms with Gasteiger partial charge in [0.15, 0.2) is 9.84 Å². The maximum atomic E-state index is 11.1. The zero-order chi connectivity index (χ0) is 11.2. The second-order valence-corrected chi connectivity index (χ2v) is 4.82. The minimum Gasteiger partial charge on any atom is -0.463 e. The van der Waals surface area contributed by atoms with Crippen LogP contribution in [-0.2, 0) is 19.4 Å². The van der Waals surface area contributed by atoms with E-state index in [2.05, 4.69) is 11.3 Å². The van der Waals surface area contributed by atoms with E-state index in [0.717, 1.165) is 0 Å². The van der Waals surface area contributed by atoms with Crippen LogP contribution in [0.1, 0.15) is 6.92 Å². The van der Waals surface area contributed by atoms with Crippen LogP contribution in [0.4, 0.5) is 0 Å². The third-order valence-corrected chi connectivity index (χ3v) is 2.95. The molecule has 0 saturated heterocycles. The highest BCUT2D eigenvalue weighted by molar-refractivity contribution is 7.91. The number of esters is 1. The van der Waals surface area contributed by atoms with Gasteiger partial charge in [0, 0.05) is 5.57 Å². The molecule has 0 heterocycles. The Morgan fingerprint density at radius 2 is 2.07 bits per heavy atom. The van der Waals surface area contributed by atoms with Crippen molar-refractivity contribution in [2.24, 2.45) is 0 Å². The minimum atomic E-state index is -3.44. The highest BCUT2D eigenvalue weighted by Crippen LogP contribution is 2.01. The van der Waals surface area contributed by atoms with Gasteiger partial charge in [-0.05, 0) is 6.92 Å². The molecule has 0 aromatic carbocycles. The summed E-state index contributed by atoms with van der Waals surface area (Å²) >= 11 is 0. The van der Waals surface area contributed by atoms with E-state index in [1.165, 1.54) is 0 Å². The predicted octanol–water partition coefficient (Wildman–Crippen LogP) is -0.487. The first kappa shape index (κ1) is 13.1. The van der Waals surface area contributed by atoms with Gasteiger partial charge < -0.3 is 9.84 Å². The molecule has 0 aliphatic heterocycles. The summed E-state index contributed by atoms with van der Waals surface area (Å²) in [7, 11) is -3.44. The molecular formula is C8H14O5S. The van der Waals surface area contributed by atoms with Crippen molar-refractivity contribution in [2.75, 3.05) is 24.7 Å². The summed E-state index contributed by atoms with van der Waals surface area (Å²) in [4.78, 5) is 11.0. The smallest absolute Gasteiger partial charge is 0.334 e. The van der Waals surface area contributed by atoms with Gasteiger partial charge >= 0.3 is 5.97 Å².